The van der Waals surface area contributed by atoms with Gasteiger partial charge in [-0.15, -0.1) is 0 Å². The molecule has 2 amide bonds. The summed E-state index contributed by atoms with van der Waals surface area (Å²) < 4.78 is 68.4. The van der Waals surface area contributed by atoms with Crippen molar-refractivity contribution < 1.29 is 31.2 Å². The van der Waals surface area contributed by atoms with Gasteiger partial charge in [0.2, 0.25) is 10.0 Å². The van der Waals surface area contributed by atoms with Crippen LogP contribution < -0.4 is 11.1 Å². The van der Waals surface area contributed by atoms with Gasteiger partial charge in [0.1, 0.15) is 17.5 Å². The van der Waals surface area contributed by atoms with Gasteiger partial charge in [0.15, 0.2) is 6.17 Å². The third kappa shape index (κ3) is 5.34. The Morgan fingerprint density at radius 2 is 1.49 bits per heavy atom. The molecule has 1 heterocycles. The molecule has 0 spiro atoms. The van der Waals surface area contributed by atoms with Gasteiger partial charge in [-0.05, 0) is 62.1 Å². The molecule has 2 fully saturated rings. The van der Waals surface area contributed by atoms with Gasteiger partial charge in [0, 0.05) is 36.8 Å². The van der Waals surface area contributed by atoms with E-state index in [1.165, 1.54) is 0 Å². The lowest BCUT2D eigenvalue weighted by molar-refractivity contribution is -0.128. The number of nitrogens with zero attached hydrogens (tertiary/aromatic N) is 2. The van der Waals surface area contributed by atoms with E-state index in [0.717, 1.165) is 45.6 Å². The SMILES string of the molecule is NC1CCC(NC(=O)C2N(C(=O)c3cc(F)cc(F)c3)CCN2S(=O)(=O)c2ccc(F)cc2)CC1. The zero-order chi connectivity index (χ0) is 25.3. The number of halogens is 3. The van der Waals surface area contributed by atoms with E-state index in [4.69, 9.17) is 5.73 Å². The van der Waals surface area contributed by atoms with Crippen LogP contribution in [0.1, 0.15) is 36.0 Å². The van der Waals surface area contributed by atoms with Crippen molar-refractivity contribution in [3.05, 3.63) is 65.5 Å². The molecular weight excluding hydrogens is 485 g/mol. The van der Waals surface area contributed by atoms with E-state index in [1.54, 1.807) is 0 Å². The molecule has 0 aromatic heterocycles. The number of nitrogens with one attached hydrogen (secondary N) is 1. The average Bonchev–Trinajstić information content (AvgIpc) is 3.26. The lowest BCUT2D eigenvalue weighted by Crippen LogP contribution is -2.56. The fraction of sp³-hybridized carbons (Fsp3) is 0.391. The number of benzene rings is 2. The Bertz CT molecular complexity index is 1200. The van der Waals surface area contributed by atoms with Crippen LogP contribution in [-0.2, 0) is 14.8 Å². The fourth-order valence-corrected chi connectivity index (χ4v) is 6.01. The van der Waals surface area contributed by atoms with Crippen LogP contribution in [0.5, 0.6) is 0 Å². The molecule has 1 atom stereocenters. The Kier molecular flexibility index (Phi) is 7.15. The van der Waals surface area contributed by atoms with E-state index in [2.05, 4.69) is 5.32 Å². The van der Waals surface area contributed by atoms with Crippen molar-refractivity contribution >= 4 is 21.8 Å². The van der Waals surface area contributed by atoms with Gasteiger partial charge in [-0.1, -0.05) is 0 Å². The van der Waals surface area contributed by atoms with E-state index in [-0.39, 0.29) is 35.6 Å². The van der Waals surface area contributed by atoms with Crippen LogP contribution in [0.4, 0.5) is 13.2 Å². The van der Waals surface area contributed by atoms with Gasteiger partial charge in [-0.2, -0.15) is 4.31 Å². The molecular formula is C23H25F3N4O4S. The maximum Gasteiger partial charge on any atom is 0.259 e. The van der Waals surface area contributed by atoms with Gasteiger partial charge < -0.3 is 16.0 Å². The van der Waals surface area contributed by atoms with E-state index in [0.29, 0.717) is 31.7 Å². The quantitative estimate of drug-likeness (QED) is 0.639. The van der Waals surface area contributed by atoms with Crippen LogP contribution in [0.15, 0.2) is 47.4 Å². The molecule has 188 valence electrons. The van der Waals surface area contributed by atoms with Crippen molar-refractivity contribution in [2.75, 3.05) is 13.1 Å². The maximum absolute atomic E-state index is 13.8. The second kappa shape index (κ2) is 9.96. The average molecular weight is 511 g/mol. The minimum absolute atomic E-state index is 0.0194. The summed E-state index contributed by atoms with van der Waals surface area (Å²) in [7, 11) is -4.32. The number of amides is 2. The smallest absolute Gasteiger partial charge is 0.259 e. The molecule has 8 nitrogen and oxygen atoms in total. The molecule has 1 unspecified atom stereocenters. The van der Waals surface area contributed by atoms with E-state index < -0.39 is 45.5 Å². The summed E-state index contributed by atoms with van der Waals surface area (Å²) in [6.45, 7) is -0.429. The predicted molar refractivity (Wildman–Crippen MR) is 120 cm³/mol. The third-order valence-electron chi connectivity index (χ3n) is 6.27. The van der Waals surface area contributed by atoms with Crippen LogP contribution in [0, 0.1) is 17.5 Å². The van der Waals surface area contributed by atoms with Crippen molar-refractivity contribution in [3.63, 3.8) is 0 Å². The molecule has 0 bridgehead atoms. The Morgan fingerprint density at radius 1 is 0.886 bits per heavy atom. The molecule has 2 aromatic rings. The highest BCUT2D eigenvalue weighted by Crippen LogP contribution is 2.27. The summed E-state index contributed by atoms with van der Waals surface area (Å²) >= 11 is 0. The van der Waals surface area contributed by atoms with Crippen LogP contribution in [0.25, 0.3) is 0 Å². The first kappa shape index (κ1) is 25.1. The zero-order valence-corrected chi connectivity index (χ0v) is 19.5. The third-order valence-corrected chi connectivity index (χ3v) is 8.14. The number of nitrogens with two attached hydrogens (primary N) is 1. The van der Waals surface area contributed by atoms with Gasteiger partial charge in [-0.3, -0.25) is 9.59 Å². The first-order valence-corrected chi connectivity index (χ1v) is 12.6. The van der Waals surface area contributed by atoms with Crippen LogP contribution in [0.3, 0.4) is 0 Å². The standard InChI is InChI=1S/C23H25F3N4O4S/c24-15-1-7-20(8-2-15)35(33,34)30-10-9-29(23(32)14-11-16(25)13-17(26)12-14)22(30)21(31)28-19-5-3-18(27)4-6-19/h1-2,7-8,11-13,18-19,22H,3-6,9-10,27H2,(H,28,31). The molecule has 35 heavy (non-hydrogen) atoms. The number of carbonyl (C=O) groups excluding carboxylic acids is 2. The summed E-state index contributed by atoms with van der Waals surface area (Å²) in [4.78, 5) is 27.3. The number of rotatable bonds is 5. The maximum atomic E-state index is 13.8. The lowest BCUT2D eigenvalue weighted by atomic mass is 9.92. The minimum Gasteiger partial charge on any atom is -0.350 e. The molecule has 12 heteroatoms. The minimum atomic E-state index is -4.32. The summed E-state index contributed by atoms with van der Waals surface area (Å²) in [5, 5.41) is 2.80. The number of hydrogen-bond donors (Lipinski definition) is 2. The number of hydrogen-bond acceptors (Lipinski definition) is 5. The van der Waals surface area contributed by atoms with Crippen LogP contribution in [0.2, 0.25) is 0 Å². The normalized spacial score (nSPS) is 23.3. The number of sulfonamides is 1. The van der Waals surface area contributed by atoms with Gasteiger partial charge in [0.05, 0.1) is 4.90 Å². The van der Waals surface area contributed by atoms with Crippen molar-refractivity contribution in [2.45, 2.75) is 48.8 Å². The molecule has 4 rings (SSSR count). The number of carbonyl (C=O) groups is 2. The largest absolute Gasteiger partial charge is 0.350 e. The second-order valence-electron chi connectivity index (χ2n) is 8.72. The fourth-order valence-electron chi connectivity index (χ4n) is 4.47. The molecule has 0 radical (unpaired) electrons. The molecule has 1 aliphatic carbocycles. The van der Waals surface area contributed by atoms with E-state index in [9.17, 15) is 31.2 Å². The summed E-state index contributed by atoms with van der Waals surface area (Å²) in [6, 6.07) is 6.07. The monoisotopic (exact) mass is 510 g/mol. The van der Waals surface area contributed by atoms with Crippen LogP contribution in [-0.4, -0.2) is 60.8 Å². The Labute approximate surface area is 200 Å². The zero-order valence-electron chi connectivity index (χ0n) is 18.7. The first-order chi connectivity index (χ1) is 16.6. The molecule has 1 saturated carbocycles. The Morgan fingerprint density at radius 3 is 2.09 bits per heavy atom. The van der Waals surface area contributed by atoms with Crippen molar-refractivity contribution in [1.29, 1.82) is 0 Å². The van der Waals surface area contributed by atoms with Crippen LogP contribution >= 0.6 is 0 Å². The Hall–Kier alpha value is -2.96. The molecule has 2 aliphatic rings. The first-order valence-electron chi connectivity index (χ1n) is 11.2. The van der Waals surface area contributed by atoms with Crippen molar-refractivity contribution in [2.24, 2.45) is 5.73 Å². The molecule has 1 saturated heterocycles. The lowest BCUT2D eigenvalue weighted by Gasteiger charge is -2.32. The molecule has 3 N–H and O–H groups in total. The van der Waals surface area contributed by atoms with Gasteiger partial charge in [0.25, 0.3) is 11.8 Å². The van der Waals surface area contributed by atoms with Crippen molar-refractivity contribution in [3.8, 4) is 0 Å². The Balaban J connectivity index is 1.67. The van der Waals surface area contributed by atoms with Gasteiger partial charge in [-0.25, -0.2) is 21.6 Å². The topological polar surface area (TPSA) is 113 Å². The van der Waals surface area contributed by atoms with Gasteiger partial charge >= 0.3 is 0 Å². The summed E-state index contributed by atoms with van der Waals surface area (Å²) in [5.41, 5.74) is 5.56. The highest BCUT2D eigenvalue weighted by atomic mass is 32.2. The predicted octanol–water partition coefficient (Wildman–Crippen LogP) is 1.96. The highest BCUT2D eigenvalue weighted by molar-refractivity contribution is 7.89. The second-order valence-corrected chi connectivity index (χ2v) is 10.6. The van der Waals surface area contributed by atoms with E-state index >= 15 is 0 Å². The van der Waals surface area contributed by atoms with Crippen molar-refractivity contribution in [1.82, 2.24) is 14.5 Å². The summed E-state index contributed by atoms with van der Waals surface area (Å²) in [6.07, 6.45) is 0.942. The molecule has 1 aliphatic heterocycles. The molecule has 2 aromatic carbocycles. The van der Waals surface area contributed by atoms with E-state index in [1.807, 2.05) is 0 Å². The summed E-state index contributed by atoms with van der Waals surface area (Å²) in [5.74, 6) is -4.24. The highest BCUT2D eigenvalue weighted by Gasteiger charge is 2.47.